The zero-order valence-electron chi connectivity index (χ0n) is 8.33. The zero-order chi connectivity index (χ0) is 12.3. The van der Waals surface area contributed by atoms with E-state index in [4.69, 9.17) is 20.6 Å². The van der Waals surface area contributed by atoms with Crippen LogP contribution in [0.25, 0.3) is 0 Å². The van der Waals surface area contributed by atoms with Crippen molar-refractivity contribution in [2.45, 2.75) is 12.6 Å². The van der Waals surface area contributed by atoms with Gasteiger partial charge in [0.15, 0.2) is 0 Å². The van der Waals surface area contributed by atoms with Crippen LogP contribution >= 0.6 is 7.60 Å². The molecule has 0 atom stereocenters. The van der Waals surface area contributed by atoms with Crippen LogP contribution in [0.2, 0.25) is 0 Å². The van der Waals surface area contributed by atoms with Crippen molar-refractivity contribution in [2.24, 2.45) is 0 Å². The number of nitrogens with two attached hydrogens (primary N) is 1. The molecule has 7 heteroatoms. The first-order chi connectivity index (χ1) is 7.28. The third-order valence-corrected chi connectivity index (χ3v) is 2.72. The molecule has 0 saturated carbocycles. The maximum Gasteiger partial charge on any atom is 0.329 e. The van der Waals surface area contributed by atoms with Gasteiger partial charge in [-0.25, -0.2) is 0 Å². The largest absolute Gasteiger partial charge is 0.481 e. The first-order valence-corrected chi connectivity index (χ1v) is 6.21. The van der Waals surface area contributed by atoms with E-state index in [0.29, 0.717) is 11.1 Å². The van der Waals surface area contributed by atoms with Crippen molar-refractivity contribution in [1.82, 2.24) is 0 Å². The summed E-state index contributed by atoms with van der Waals surface area (Å²) in [5, 5.41) is 8.57. The molecule has 0 amide bonds. The fraction of sp³-hybridized carbons (Fsp3) is 0.222. The molecule has 5 N–H and O–H groups in total. The number of nitrogen functional groups attached to an aromatic ring is 1. The second kappa shape index (κ2) is 4.65. The Morgan fingerprint density at radius 3 is 2.44 bits per heavy atom. The van der Waals surface area contributed by atoms with Gasteiger partial charge in [-0.1, -0.05) is 12.1 Å². The normalized spacial score (nSPS) is 11.4. The highest BCUT2D eigenvalue weighted by Gasteiger charge is 2.15. The van der Waals surface area contributed by atoms with E-state index in [-0.39, 0.29) is 12.1 Å². The minimum atomic E-state index is -4.12. The summed E-state index contributed by atoms with van der Waals surface area (Å²) < 4.78 is 10.7. The number of carbonyl (C=O) groups is 1. The minimum absolute atomic E-state index is 0.206. The summed E-state index contributed by atoms with van der Waals surface area (Å²) in [5.74, 6) is -1.01. The van der Waals surface area contributed by atoms with Crippen LogP contribution in [0.3, 0.4) is 0 Å². The fourth-order valence-electron chi connectivity index (χ4n) is 1.30. The van der Waals surface area contributed by atoms with Crippen molar-refractivity contribution in [3.63, 3.8) is 0 Å². The van der Waals surface area contributed by atoms with Gasteiger partial charge in [-0.3, -0.25) is 9.36 Å². The summed E-state index contributed by atoms with van der Waals surface area (Å²) in [6.07, 6.45) is -0.605. The van der Waals surface area contributed by atoms with Crippen molar-refractivity contribution >= 4 is 19.3 Å². The van der Waals surface area contributed by atoms with E-state index in [0.717, 1.165) is 0 Å². The molecule has 0 spiro atoms. The monoisotopic (exact) mass is 245 g/mol. The summed E-state index contributed by atoms with van der Waals surface area (Å²) in [6.45, 7) is 0. The van der Waals surface area contributed by atoms with Crippen LogP contribution in [0.4, 0.5) is 5.69 Å². The summed E-state index contributed by atoms with van der Waals surface area (Å²) in [6, 6.07) is 4.32. The fourth-order valence-corrected chi connectivity index (χ4v) is 1.98. The molecule has 0 bridgehead atoms. The lowest BCUT2D eigenvalue weighted by Crippen LogP contribution is -2.04. The smallest absolute Gasteiger partial charge is 0.329 e. The Hall–Kier alpha value is -1.36. The molecule has 16 heavy (non-hydrogen) atoms. The SMILES string of the molecule is Nc1cc(CP(=O)(O)O)ccc1CC(=O)O. The molecular formula is C9H12NO5P. The molecule has 0 aliphatic carbocycles. The summed E-state index contributed by atoms with van der Waals surface area (Å²) in [7, 11) is -4.12. The first kappa shape index (κ1) is 12.7. The number of aliphatic carboxylic acids is 1. The molecule has 0 aliphatic heterocycles. The van der Waals surface area contributed by atoms with Crippen LogP contribution in [0, 0.1) is 0 Å². The third kappa shape index (κ3) is 4.02. The van der Waals surface area contributed by atoms with E-state index in [1.807, 2.05) is 0 Å². The van der Waals surface area contributed by atoms with Crippen LogP contribution in [-0.4, -0.2) is 20.9 Å². The highest BCUT2D eigenvalue weighted by molar-refractivity contribution is 7.50. The summed E-state index contributed by atoms with van der Waals surface area (Å²) in [5.41, 5.74) is 6.62. The van der Waals surface area contributed by atoms with E-state index in [2.05, 4.69) is 0 Å². The van der Waals surface area contributed by atoms with Crippen LogP contribution in [0.1, 0.15) is 11.1 Å². The molecule has 0 aliphatic rings. The molecule has 1 rings (SSSR count). The number of anilines is 1. The number of benzene rings is 1. The van der Waals surface area contributed by atoms with Crippen LogP contribution in [0.5, 0.6) is 0 Å². The Bertz CT molecular complexity index is 453. The second-order valence-electron chi connectivity index (χ2n) is 3.43. The molecule has 0 unspecified atom stereocenters. The van der Waals surface area contributed by atoms with Gasteiger partial charge in [0.25, 0.3) is 0 Å². The van der Waals surface area contributed by atoms with Crippen molar-refractivity contribution in [3.05, 3.63) is 29.3 Å². The molecule has 0 radical (unpaired) electrons. The Balaban J connectivity index is 2.91. The number of carboxylic acids is 1. The molecule has 1 aromatic rings. The zero-order valence-corrected chi connectivity index (χ0v) is 9.22. The molecule has 0 saturated heterocycles. The maximum absolute atomic E-state index is 10.7. The van der Waals surface area contributed by atoms with Crippen molar-refractivity contribution in [1.29, 1.82) is 0 Å². The van der Waals surface area contributed by atoms with Gasteiger partial charge < -0.3 is 20.6 Å². The molecular weight excluding hydrogens is 233 g/mol. The first-order valence-electron chi connectivity index (χ1n) is 4.41. The van der Waals surface area contributed by atoms with Gasteiger partial charge in [-0.05, 0) is 17.2 Å². The molecule has 88 valence electrons. The van der Waals surface area contributed by atoms with E-state index in [9.17, 15) is 9.36 Å². The molecule has 0 aromatic heterocycles. The van der Waals surface area contributed by atoms with Crippen molar-refractivity contribution < 1.29 is 24.3 Å². The Morgan fingerprint density at radius 1 is 1.38 bits per heavy atom. The predicted octanol–water partition coefficient (Wildman–Crippen LogP) is 0.574. The second-order valence-corrected chi connectivity index (χ2v) is 5.07. The van der Waals surface area contributed by atoms with E-state index in [1.165, 1.54) is 18.2 Å². The predicted molar refractivity (Wildman–Crippen MR) is 57.9 cm³/mol. The van der Waals surface area contributed by atoms with Gasteiger partial charge in [-0.15, -0.1) is 0 Å². The van der Waals surface area contributed by atoms with Crippen LogP contribution in [0.15, 0.2) is 18.2 Å². The third-order valence-electron chi connectivity index (χ3n) is 1.94. The number of hydrogen-bond acceptors (Lipinski definition) is 3. The highest BCUT2D eigenvalue weighted by atomic mass is 31.2. The van der Waals surface area contributed by atoms with E-state index in [1.54, 1.807) is 0 Å². The van der Waals surface area contributed by atoms with Gasteiger partial charge >= 0.3 is 13.6 Å². The van der Waals surface area contributed by atoms with Gasteiger partial charge in [0.05, 0.1) is 12.6 Å². The lowest BCUT2D eigenvalue weighted by molar-refractivity contribution is -0.136. The standard InChI is InChI=1S/C9H12NO5P/c10-8-3-6(5-16(13,14)15)1-2-7(8)4-9(11)12/h1-3H,4-5,10H2,(H,11,12)(H2,13,14,15). The van der Waals surface area contributed by atoms with Gasteiger partial charge in [0, 0.05) is 5.69 Å². The van der Waals surface area contributed by atoms with Crippen molar-refractivity contribution in [3.8, 4) is 0 Å². The summed E-state index contributed by atoms with van der Waals surface area (Å²) in [4.78, 5) is 28.0. The Kier molecular flexibility index (Phi) is 3.70. The van der Waals surface area contributed by atoms with Gasteiger partial charge in [-0.2, -0.15) is 0 Å². The molecule has 0 fully saturated rings. The lowest BCUT2D eigenvalue weighted by atomic mass is 10.1. The van der Waals surface area contributed by atoms with Gasteiger partial charge in [0.1, 0.15) is 0 Å². The Labute approximate surface area is 91.9 Å². The number of carboxylic acid groups (broad SMARTS) is 1. The maximum atomic E-state index is 10.7. The lowest BCUT2D eigenvalue weighted by Gasteiger charge is -2.07. The van der Waals surface area contributed by atoms with Crippen molar-refractivity contribution in [2.75, 3.05) is 5.73 Å². The average molecular weight is 245 g/mol. The number of rotatable bonds is 4. The minimum Gasteiger partial charge on any atom is -0.481 e. The van der Waals surface area contributed by atoms with Gasteiger partial charge in [0.2, 0.25) is 0 Å². The highest BCUT2D eigenvalue weighted by Crippen LogP contribution is 2.39. The molecule has 0 heterocycles. The van der Waals surface area contributed by atoms with Crippen LogP contribution in [-0.2, 0) is 21.9 Å². The number of hydrogen-bond donors (Lipinski definition) is 4. The quantitative estimate of drug-likeness (QED) is 0.454. The Morgan fingerprint density at radius 2 is 2.00 bits per heavy atom. The van der Waals surface area contributed by atoms with E-state index >= 15 is 0 Å². The molecule has 6 nitrogen and oxygen atoms in total. The van der Waals surface area contributed by atoms with Crippen LogP contribution < -0.4 is 5.73 Å². The average Bonchev–Trinajstić information content (AvgIpc) is 2.06. The molecule has 1 aromatic carbocycles. The topological polar surface area (TPSA) is 121 Å². The summed E-state index contributed by atoms with van der Waals surface area (Å²) >= 11 is 0. The van der Waals surface area contributed by atoms with E-state index < -0.39 is 19.7 Å².